The fraction of sp³-hybridized carbons (Fsp3) is 0.364. The van der Waals surface area contributed by atoms with Crippen molar-refractivity contribution in [3.63, 3.8) is 0 Å². The van der Waals surface area contributed by atoms with Gasteiger partial charge in [0.1, 0.15) is 5.52 Å². The Morgan fingerprint density at radius 1 is 1.50 bits per heavy atom. The average Bonchev–Trinajstić information content (AvgIpc) is 2.55. The lowest BCUT2D eigenvalue weighted by Crippen LogP contribution is -1.96. The van der Waals surface area contributed by atoms with Crippen molar-refractivity contribution in [1.29, 1.82) is 0 Å². The Bertz CT molecular complexity index is 460. The van der Waals surface area contributed by atoms with Gasteiger partial charge in [-0.25, -0.2) is 4.98 Å². The van der Waals surface area contributed by atoms with E-state index in [0.29, 0.717) is 5.88 Å². The molecule has 0 fully saturated rings. The minimum Gasteiger partial charge on any atom is -0.479 e. The number of hydrogen-bond acceptors (Lipinski definition) is 2. The summed E-state index contributed by atoms with van der Waals surface area (Å²) in [7, 11) is 3.70. The normalized spacial score (nSPS) is 10.8. The van der Waals surface area contributed by atoms with Crippen molar-refractivity contribution in [2.45, 2.75) is 13.3 Å². The van der Waals surface area contributed by atoms with Gasteiger partial charge in [0.15, 0.2) is 0 Å². The van der Waals surface area contributed by atoms with Crippen molar-refractivity contribution in [2.75, 3.05) is 7.11 Å². The van der Waals surface area contributed by atoms with E-state index in [4.69, 9.17) is 4.74 Å². The molecule has 74 valence electrons. The first-order chi connectivity index (χ1) is 6.77. The highest BCUT2D eigenvalue weighted by molar-refractivity contribution is 5.85. The Kier molecular flexibility index (Phi) is 2.15. The average molecular weight is 190 g/mol. The smallest absolute Gasteiger partial charge is 0.238 e. The standard InChI is InChI=1S/C11H14N2O/c1-4-9-7-8-5-6-12-11(14-3)10(8)13(9)2/h5-7H,4H2,1-3H3. The van der Waals surface area contributed by atoms with Crippen molar-refractivity contribution < 1.29 is 4.74 Å². The SMILES string of the molecule is CCc1cc2ccnc(OC)c2n1C. The van der Waals surface area contributed by atoms with E-state index in [1.165, 1.54) is 11.1 Å². The van der Waals surface area contributed by atoms with Crippen molar-refractivity contribution in [3.05, 3.63) is 24.0 Å². The lowest BCUT2D eigenvalue weighted by atomic mass is 10.3. The van der Waals surface area contributed by atoms with Crippen LogP contribution in [-0.4, -0.2) is 16.7 Å². The van der Waals surface area contributed by atoms with Crippen LogP contribution in [0.25, 0.3) is 10.9 Å². The number of hydrogen-bond donors (Lipinski definition) is 0. The van der Waals surface area contributed by atoms with E-state index in [1.807, 2.05) is 13.1 Å². The van der Waals surface area contributed by atoms with E-state index >= 15 is 0 Å². The van der Waals surface area contributed by atoms with Crippen LogP contribution in [0, 0.1) is 0 Å². The Labute approximate surface area is 83.3 Å². The molecule has 3 heteroatoms. The van der Waals surface area contributed by atoms with Gasteiger partial charge in [0.05, 0.1) is 7.11 Å². The van der Waals surface area contributed by atoms with Gasteiger partial charge in [0.2, 0.25) is 5.88 Å². The predicted molar refractivity (Wildman–Crippen MR) is 56.6 cm³/mol. The van der Waals surface area contributed by atoms with Crippen LogP contribution in [0.2, 0.25) is 0 Å². The Hall–Kier alpha value is -1.51. The predicted octanol–water partition coefficient (Wildman–Crippen LogP) is 2.14. The third-order valence-electron chi connectivity index (χ3n) is 2.57. The van der Waals surface area contributed by atoms with Crippen LogP contribution in [0.4, 0.5) is 0 Å². The van der Waals surface area contributed by atoms with Crippen LogP contribution in [0.1, 0.15) is 12.6 Å². The summed E-state index contributed by atoms with van der Waals surface area (Å²) in [5.41, 5.74) is 2.37. The maximum Gasteiger partial charge on any atom is 0.238 e. The van der Waals surface area contributed by atoms with Gasteiger partial charge in [-0.3, -0.25) is 0 Å². The zero-order chi connectivity index (χ0) is 10.1. The minimum absolute atomic E-state index is 0.699. The maximum absolute atomic E-state index is 5.23. The van der Waals surface area contributed by atoms with Crippen LogP contribution >= 0.6 is 0 Å². The van der Waals surface area contributed by atoms with E-state index < -0.39 is 0 Å². The molecule has 0 aliphatic heterocycles. The summed E-state index contributed by atoms with van der Waals surface area (Å²) in [6.07, 6.45) is 2.80. The lowest BCUT2D eigenvalue weighted by molar-refractivity contribution is 0.401. The molecule has 14 heavy (non-hydrogen) atoms. The van der Waals surface area contributed by atoms with Crippen molar-refractivity contribution in [1.82, 2.24) is 9.55 Å². The largest absolute Gasteiger partial charge is 0.479 e. The van der Waals surface area contributed by atoms with Gasteiger partial charge in [-0.05, 0) is 18.6 Å². The van der Waals surface area contributed by atoms with Crippen LogP contribution in [-0.2, 0) is 13.5 Å². The molecule has 2 aromatic rings. The van der Waals surface area contributed by atoms with Crippen molar-refractivity contribution >= 4 is 10.9 Å². The highest BCUT2D eigenvalue weighted by atomic mass is 16.5. The summed E-state index contributed by atoms with van der Waals surface area (Å²) in [5, 5.41) is 1.19. The van der Waals surface area contributed by atoms with Gasteiger partial charge >= 0.3 is 0 Å². The fourth-order valence-corrected chi connectivity index (χ4v) is 1.81. The molecule has 0 aliphatic carbocycles. The highest BCUT2D eigenvalue weighted by Crippen LogP contribution is 2.25. The van der Waals surface area contributed by atoms with Crippen molar-refractivity contribution in [2.24, 2.45) is 7.05 Å². The second kappa shape index (κ2) is 3.33. The molecule has 0 radical (unpaired) electrons. The molecule has 0 amide bonds. The Balaban J connectivity index is 2.79. The van der Waals surface area contributed by atoms with Gasteiger partial charge in [-0.1, -0.05) is 6.92 Å². The third kappa shape index (κ3) is 1.16. The number of nitrogens with zero attached hydrogens (tertiary/aromatic N) is 2. The first-order valence-corrected chi connectivity index (χ1v) is 4.75. The van der Waals surface area contributed by atoms with Crippen molar-refractivity contribution in [3.8, 4) is 5.88 Å². The summed E-state index contributed by atoms with van der Waals surface area (Å²) in [4.78, 5) is 4.19. The van der Waals surface area contributed by atoms with Crippen LogP contribution in [0.3, 0.4) is 0 Å². The molecule has 0 atom stereocenters. The van der Waals surface area contributed by atoms with Crippen LogP contribution < -0.4 is 4.74 Å². The van der Waals surface area contributed by atoms with Crippen LogP contribution in [0.5, 0.6) is 5.88 Å². The van der Waals surface area contributed by atoms with E-state index in [9.17, 15) is 0 Å². The zero-order valence-electron chi connectivity index (χ0n) is 8.74. The lowest BCUT2D eigenvalue weighted by Gasteiger charge is -2.04. The monoisotopic (exact) mass is 190 g/mol. The number of ether oxygens (including phenoxy) is 1. The quantitative estimate of drug-likeness (QED) is 0.725. The minimum atomic E-state index is 0.699. The van der Waals surface area contributed by atoms with E-state index in [0.717, 1.165) is 11.9 Å². The van der Waals surface area contributed by atoms with E-state index in [2.05, 4.69) is 22.5 Å². The molecule has 0 spiro atoms. The summed E-state index contributed by atoms with van der Waals surface area (Å²) >= 11 is 0. The molecule has 2 rings (SSSR count). The molecule has 0 aliphatic rings. The molecule has 3 nitrogen and oxygen atoms in total. The topological polar surface area (TPSA) is 27.1 Å². The van der Waals surface area contributed by atoms with Crippen LogP contribution in [0.15, 0.2) is 18.3 Å². The first kappa shape index (κ1) is 9.06. The van der Waals surface area contributed by atoms with Gasteiger partial charge in [-0.2, -0.15) is 0 Å². The number of aromatic nitrogens is 2. The van der Waals surface area contributed by atoms with Gasteiger partial charge in [0.25, 0.3) is 0 Å². The first-order valence-electron chi connectivity index (χ1n) is 4.75. The fourth-order valence-electron chi connectivity index (χ4n) is 1.81. The molecule has 0 aromatic carbocycles. The number of methoxy groups -OCH3 is 1. The molecule has 0 bridgehead atoms. The zero-order valence-corrected chi connectivity index (χ0v) is 8.74. The number of fused-ring (bicyclic) bond motifs is 1. The highest BCUT2D eigenvalue weighted by Gasteiger charge is 2.09. The molecule has 2 heterocycles. The number of aryl methyl sites for hydroxylation is 2. The summed E-state index contributed by atoms with van der Waals surface area (Å²) in [6.45, 7) is 2.15. The number of pyridine rings is 1. The molecule has 0 saturated carbocycles. The third-order valence-corrected chi connectivity index (χ3v) is 2.57. The van der Waals surface area contributed by atoms with E-state index in [1.54, 1.807) is 13.3 Å². The summed E-state index contributed by atoms with van der Waals surface area (Å²) in [6, 6.07) is 4.19. The Morgan fingerprint density at radius 2 is 2.29 bits per heavy atom. The molecule has 0 saturated heterocycles. The maximum atomic E-state index is 5.23. The molecular weight excluding hydrogens is 176 g/mol. The molecule has 2 aromatic heterocycles. The van der Waals surface area contributed by atoms with E-state index in [-0.39, 0.29) is 0 Å². The molecule has 0 N–H and O–H groups in total. The number of rotatable bonds is 2. The second-order valence-electron chi connectivity index (χ2n) is 3.31. The Morgan fingerprint density at radius 3 is 2.93 bits per heavy atom. The van der Waals surface area contributed by atoms with Gasteiger partial charge in [-0.15, -0.1) is 0 Å². The summed E-state index contributed by atoms with van der Waals surface area (Å²) < 4.78 is 7.37. The molecule has 0 unspecified atom stereocenters. The summed E-state index contributed by atoms with van der Waals surface area (Å²) in [5.74, 6) is 0.699. The molecular formula is C11H14N2O. The van der Waals surface area contributed by atoms with Gasteiger partial charge < -0.3 is 9.30 Å². The van der Waals surface area contributed by atoms with Gasteiger partial charge in [0, 0.05) is 24.3 Å². The second-order valence-corrected chi connectivity index (χ2v) is 3.31.